The zero-order valence-electron chi connectivity index (χ0n) is 21.4. The molecule has 4 aliphatic rings. The van der Waals surface area contributed by atoms with Crippen LogP contribution in [0.4, 0.5) is 0 Å². The maximum absolute atomic E-state index is 13.5. The summed E-state index contributed by atoms with van der Waals surface area (Å²) in [4.78, 5) is 13.5. The molecule has 3 aromatic rings. The first-order valence-corrected chi connectivity index (χ1v) is 13.0. The van der Waals surface area contributed by atoms with Crippen LogP contribution in [-0.4, -0.2) is 37.8 Å². The van der Waals surface area contributed by atoms with E-state index >= 15 is 0 Å². The molecule has 6 nitrogen and oxygen atoms in total. The lowest BCUT2D eigenvalue weighted by Gasteiger charge is -2.64. The molecule has 1 aliphatic heterocycles. The van der Waals surface area contributed by atoms with Crippen molar-refractivity contribution in [2.75, 3.05) is 7.11 Å². The summed E-state index contributed by atoms with van der Waals surface area (Å²) in [6.45, 7) is 6.90. The Morgan fingerprint density at radius 3 is 2.61 bits per heavy atom. The molecule has 36 heavy (non-hydrogen) atoms. The first-order chi connectivity index (χ1) is 17.3. The fraction of sp³-hybridized carbons (Fsp3) is 0.483. The molecule has 4 fully saturated rings. The van der Waals surface area contributed by atoms with Gasteiger partial charge in [0.25, 0.3) is 5.91 Å². The predicted octanol–water partition coefficient (Wildman–Crippen LogP) is 5.12. The van der Waals surface area contributed by atoms with E-state index in [1.807, 2.05) is 54.6 Å². The van der Waals surface area contributed by atoms with E-state index in [0.717, 1.165) is 28.5 Å². The summed E-state index contributed by atoms with van der Waals surface area (Å²) < 4.78 is 24.8. The van der Waals surface area contributed by atoms with Gasteiger partial charge in [0.15, 0.2) is 6.10 Å². The third-order valence-corrected chi connectivity index (χ3v) is 9.20. The highest BCUT2D eigenvalue weighted by atomic mass is 16.7. The van der Waals surface area contributed by atoms with Gasteiger partial charge in [0, 0.05) is 12.5 Å². The van der Waals surface area contributed by atoms with Crippen LogP contribution in [0.15, 0.2) is 65.3 Å². The van der Waals surface area contributed by atoms with Gasteiger partial charge in [-0.15, -0.1) is 0 Å². The minimum absolute atomic E-state index is 0.0344. The number of amides is 1. The smallest absolute Gasteiger partial charge is 0.464 e. The van der Waals surface area contributed by atoms with Gasteiger partial charge in [0.05, 0.1) is 23.9 Å². The predicted molar refractivity (Wildman–Crippen MR) is 138 cm³/mol. The molecular formula is C29H34BNO5. The maximum atomic E-state index is 13.5. The molecule has 3 saturated carbocycles. The topological polar surface area (TPSA) is 69.9 Å². The van der Waals surface area contributed by atoms with Crippen molar-refractivity contribution in [2.45, 2.75) is 63.8 Å². The van der Waals surface area contributed by atoms with E-state index in [2.05, 4.69) is 26.1 Å². The number of benzene rings is 2. The lowest BCUT2D eigenvalue weighted by molar-refractivity contribution is -0.199. The third kappa shape index (κ3) is 3.71. The summed E-state index contributed by atoms with van der Waals surface area (Å²) in [5.74, 6) is 0.492. The first kappa shape index (κ1) is 23.8. The molecule has 2 bridgehead atoms. The summed E-state index contributed by atoms with van der Waals surface area (Å²) >= 11 is 0. The van der Waals surface area contributed by atoms with Crippen molar-refractivity contribution in [2.24, 2.45) is 17.3 Å². The number of carbonyl (C=O) groups excluding carboxylic acids is 1. The number of hydrogen-bond acceptors (Lipinski definition) is 5. The van der Waals surface area contributed by atoms with E-state index in [1.165, 1.54) is 6.42 Å². The Morgan fingerprint density at radius 2 is 1.86 bits per heavy atom. The molecule has 1 N–H and O–H groups in total. The highest BCUT2D eigenvalue weighted by molar-refractivity contribution is 6.48. The number of fused-ring (bicyclic) bond motifs is 1. The number of rotatable bonds is 7. The van der Waals surface area contributed by atoms with Crippen LogP contribution in [-0.2, 0) is 25.3 Å². The van der Waals surface area contributed by atoms with Gasteiger partial charge in [-0.2, -0.15) is 0 Å². The maximum Gasteiger partial charge on any atom is 0.482 e. The van der Waals surface area contributed by atoms with E-state index in [9.17, 15) is 4.79 Å². The van der Waals surface area contributed by atoms with Gasteiger partial charge in [0.1, 0.15) is 5.58 Å². The Labute approximate surface area is 212 Å². The van der Waals surface area contributed by atoms with Gasteiger partial charge >= 0.3 is 7.12 Å². The molecular weight excluding hydrogens is 453 g/mol. The zero-order chi connectivity index (χ0) is 25.1. The standard InChI is InChI=1S/C29H34BNO5/c1-28(2)20-15-23(28)29(3)24(16-20)35-30(36-29)25(14-19-17-34-22-13-9-8-12-21(19)22)31-27(32)26(33-4)18-10-6-5-7-11-18/h5-13,17,20,23-26H,14-16H2,1-4H3,(H,31,32)/t20-,23?,24+,25-,26+,29-/m0/s1. The molecule has 7 rings (SSSR count). The largest absolute Gasteiger partial charge is 0.482 e. The average molecular weight is 487 g/mol. The number of ether oxygens (including phenoxy) is 1. The monoisotopic (exact) mass is 487 g/mol. The zero-order valence-corrected chi connectivity index (χ0v) is 21.4. The summed E-state index contributed by atoms with van der Waals surface area (Å²) in [5.41, 5.74) is 2.54. The van der Waals surface area contributed by atoms with E-state index in [4.69, 9.17) is 18.5 Å². The highest BCUT2D eigenvalue weighted by Gasteiger charge is 2.68. The normalized spacial score (nSPS) is 29.9. The van der Waals surface area contributed by atoms with Gasteiger partial charge in [-0.05, 0) is 60.6 Å². The quantitative estimate of drug-likeness (QED) is 0.469. The molecule has 1 amide bonds. The van der Waals surface area contributed by atoms with Gasteiger partial charge in [0.2, 0.25) is 0 Å². The Balaban J connectivity index is 1.29. The molecule has 188 valence electrons. The fourth-order valence-corrected chi connectivity index (χ4v) is 6.99. The van der Waals surface area contributed by atoms with Crippen molar-refractivity contribution < 1.29 is 23.3 Å². The molecule has 0 radical (unpaired) electrons. The second kappa shape index (κ2) is 8.75. The van der Waals surface area contributed by atoms with Crippen LogP contribution in [0.5, 0.6) is 0 Å². The van der Waals surface area contributed by atoms with Crippen molar-refractivity contribution >= 4 is 24.0 Å². The van der Waals surface area contributed by atoms with Crippen LogP contribution in [0, 0.1) is 17.3 Å². The van der Waals surface area contributed by atoms with Crippen LogP contribution < -0.4 is 5.32 Å². The number of furan rings is 1. The lowest BCUT2D eigenvalue weighted by atomic mass is 9.43. The molecule has 1 aromatic heterocycles. The minimum atomic E-state index is -0.721. The average Bonchev–Trinajstić information content (AvgIpc) is 3.45. The van der Waals surface area contributed by atoms with Crippen molar-refractivity contribution in [3.8, 4) is 0 Å². The Bertz CT molecular complexity index is 1260. The molecule has 2 aromatic carbocycles. The number of hydrogen-bond donors (Lipinski definition) is 1. The molecule has 1 unspecified atom stereocenters. The van der Waals surface area contributed by atoms with E-state index in [0.29, 0.717) is 18.3 Å². The van der Waals surface area contributed by atoms with Crippen molar-refractivity contribution in [1.82, 2.24) is 5.32 Å². The van der Waals surface area contributed by atoms with Crippen LogP contribution in [0.3, 0.4) is 0 Å². The summed E-state index contributed by atoms with van der Waals surface area (Å²) in [6, 6.07) is 17.5. The van der Waals surface area contributed by atoms with Crippen molar-refractivity contribution in [1.29, 1.82) is 0 Å². The van der Waals surface area contributed by atoms with Crippen LogP contribution in [0.25, 0.3) is 11.0 Å². The van der Waals surface area contributed by atoms with Crippen LogP contribution in [0.2, 0.25) is 0 Å². The molecule has 2 heterocycles. The van der Waals surface area contributed by atoms with Crippen molar-refractivity contribution in [3.63, 3.8) is 0 Å². The molecule has 3 aliphatic carbocycles. The van der Waals surface area contributed by atoms with Gasteiger partial charge in [-0.25, -0.2) is 0 Å². The van der Waals surface area contributed by atoms with Crippen LogP contribution >= 0.6 is 0 Å². The molecule has 7 heteroatoms. The first-order valence-electron chi connectivity index (χ1n) is 13.0. The summed E-state index contributed by atoms with van der Waals surface area (Å²) in [7, 11) is 1.00. The molecule has 0 spiro atoms. The SMILES string of the molecule is CO[C@@H](C(=O)N[C@@H](Cc1coc2ccccc12)B1O[C@@H]2C[C@@H]3CC(C3(C)C)[C@]2(C)O1)c1ccccc1. The van der Waals surface area contributed by atoms with Gasteiger partial charge in [-0.3, -0.25) is 4.79 Å². The molecule has 6 atom stereocenters. The van der Waals surface area contributed by atoms with Gasteiger partial charge in [-0.1, -0.05) is 62.4 Å². The summed E-state index contributed by atoms with van der Waals surface area (Å²) in [6.07, 6.45) is 3.79. The number of carbonyl (C=O) groups is 1. The van der Waals surface area contributed by atoms with E-state index < -0.39 is 19.2 Å². The molecule has 1 saturated heterocycles. The second-order valence-electron chi connectivity index (χ2n) is 11.4. The third-order valence-electron chi connectivity index (χ3n) is 9.20. The van der Waals surface area contributed by atoms with Crippen LogP contribution in [0.1, 0.15) is 50.8 Å². The number of methoxy groups -OCH3 is 1. The Hall–Kier alpha value is -2.61. The van der Waals surface area contributed by atoms with E-state index in [1.54, 1.807) is 13.4 Å². The second-order valence-corrected chi connectivity index (χ2v) is 11.4. The van der Waals surface area contributed by atoms with Crippen molar-refractivity contribution in [3.05, 3.63) is 72.0 Å². The fourth-order valence-electron chi connectivity index (χ4n) is 6.99. The Morgan fingerprint density at radius 1 is 1.11 bits per heavy atom. The number of nitrogens with one attached hydrogen (secondary N) is 1. The minimum Gasteiger partial charge on any atom is -0.464 e. The number of para-hydroxylation sites is 1. The summed E-state index contributed by atoms with van der Waals surface area (Å²) in [5, 5.41) is 4.27. The highest BCUT2D eigenvalue weighted by Crippen LogP contribution is 2.65. The van der Waals surface area contributed by atoms with E-state index in [-0.39, 0.29) is 23.0 Å². The Kier molecular flexibility index (Phi) is 5.78. The lowest BCUT2D eigenvalue weighted by Crippen LogP contribution is -2.65. The van der Waals surface area contributed by atoms with Gasteiger partial charge < -0.3 is 23.8 Å².